The maximum Gasteiger partial charge on any atom is 0.254 e. The molecule has 1 atom stereocenters. The first-order chi connectivity index (χ1) is 21.0. The first-order valence-corrected chi connectivity index (χ1v) is 15.9. The molecule has 0 radical (unpaired) electrons. The lowest BCUT2D eigenvalue weighted by Crippen LogP contribution is -2.45. The molecule has 2 fully saturated rings. The van der Waals surface area contributed by atoms with Crippen molar-refractivity contribution in [2.75, 3.05) is 20.2 Å². The van der Waals surface area contributed by atoms with Gasteiger partial charge in [-0.3, -0.25) is 9.59 Å². The Morgan fingerprint density at radius 2 is 1.84 bits per heavy atom. The van der Waals surface area contributed by atoms with E-state index >= 15 is 0 Å². The van der Waals surface area contributed by atoms with Crippen LogP contribution in [0.25, 0.3) is 33.6 Å². The third-order valence-corrected chi connectivity index (χ3v) is 9.16. The topological polar surface area (TPSA) is 120 Å². The smallest absolute Gasteiger partial charge is 0.254 e. The highest BCUT2D eigenvalue weighted by molar-refractivity contribution is 6.00. The minimum Gasteiger partial charge on any atom is -0.494 e. The number of aromatic nitrogens is 4. The average molecular weight is 584 g/mol. The van der Waals surface area contributed by atoms with Crippen LogP contribution in [0.3, 0.4) is 0 Å². The number of hydrogen-bond donors (Lipinski definition) is 2. The minimum absolute atomic E-state index is 0.0131. The van der Waals surface area contributed by atoms with Gasteiger partial charge in [0.1, 0.15) is 16.9 Å². The number of pyridine rings is 1. The van der Waals surface area contributed by atoms with Crippen molar-refractivity contribution in [1.29, 1.82) is 0 Å². The number of rotatable bonds is 4. The zero-order valence-electron chi connectivity index (χ0n) is 25.0. The maximum absolute atomic E-state index is 13.6. The number of methoxy groups -OCH3 is 1. The van der Waals surface area contributed by atoms with Crippen molar-refractivity contribution in [3.05, 3.63) is 41.6 Å². The van der Waals surface area contributed by atoms with Crippen LogP contribution in [-0.4, -0.2) is 62.1 Å². The molecule has 7 rings (SSSR count). The van der Waals surface area contributed by atoms with Crippen molar-refractivity contribution < 1.29 is 14.3 Å². The summed E-state index contributed by atoms with van der Waals surface area (Å²) in [6.45, 7) is 2.55. The molecule has 2 aliphatic heterocycles. The fourth-order valence-electron chi connectivity index (χ4n) is 6.76. The number of ether oxygens (including phenoxy) is 1. The molecule has 1 aliphatic carbocycles. The lowest BCUT2D eigenvalue weighted by molar-refractivity contribution is -0.121. The number of nitrogens with one attached hydrogen (secondary N) is 1. The normalized spacial score (nSPS) is 20.4. The predicted octanol–water partition coefficient (Wildman–Crippen LogP) is 4.93. The highest BCUT2D eigenvalue weighted by Gasteiger charge is 2.33. The number of hydrogen-bond acceptors (Lipinski definition) is 6. The summed E-state index contributed by atoms with van der Waals surface area (Å²) in [6, 6.07) is 10.4. The molecular weight excluding hydrogens is 542 g/mol. The van der Waals surface area contributed by atoms with Gasteiger partial charge in [-0.2, -0.15) is 0 Å². The molecule has 1 saturated carbocycles. The molecule has 10 nitrogen and oxygen atoms in total. The Labute approximate surface area is 251 Å². The zero-order chi connectivity index (χ0) is 29.5. The summed E-state index contributed by atoms with van der Waals surface area (Å²) in [6.07, 6.45) is 9.80. The molecule has 1 saturated heterocycles. The SMILES string of the molecule is COc1cc(C(=O)N2CCC[C@@H](N)C2)cc2nc(-c3cc4ccc5nc4n3CCCCCCCC(=O)NC5)n(C3CC3)c12. The standard InChI is InChI=1S/C33H41N7O3/c1-43-28-18-22(33(42)38-14-7-8-23(34)20-38)16-26-30(28)40(25-12-13-25)32(37-26)27-17-21-10-11-24-19-35-29(41)9-5-3-2-4-6-15-39(27)31(21)36-24/h10-11,16-18,23,25H,2-9,12-15,19-20,34H2,1H3,(H,35,41)/t23-/m1/s1. The molecule has 0 unspecified atom stereocenters. The highest BCUT2D eigenvalue weighted by Crippen LogP contribution is 2.45. The van der Waals surface area contributed by atoms with E-state index < -0.39 is 0 Å². The number of piperidine rings is 1. The van der Waals surface area contributed by atoms with Gasteiger partial charge in [-0.05, 0) is 68.9 Å². The number of nitrogens with two attached hydrogens (primary N) is 1. The Kier molecular flexibility index (Phi) is 7.55. The van der Waals surface area contributed by atoms with Crippen LogP contribution in [0.15, 0.2) is 30.3 Å². The number of fused-ring (bicyclic) bond motifs is 2. The molecule has 3 aliphatic rings. The summed E-state index contributed by atoms with van der Waals surface area (Å²) in [5.41, 5.74) is 11.3. The van der Waals surface area contributed by atoms with Gasteiger partial charge in [0.2, 0.25) is 5.91 Å². The van der Waals surface area contributed by atoms with E-state index in [0.717, 1.165) is 104 Å². The number of amides is 2. The number of carbonyl (C=O) groups is 2. The van der Waals surface area contributed by atoms with Gasteiger partial charge in [-0.1, -0.05) is 19.3 Å². The van der Waals surface area contributed by atoms with Gasteiger partial charge in [0, 0.05) is 49.1 Å². The van der Waals surface area contributed by atoms with Crippen LogP contribution in [0, 0.1) is 0 Å². The number of carbonyl (C=O) groups excluding carboxylic acids is 2. The van der Waals surface area contributed by atoms with E-state index in [1.807, 2.05) is 23.1 Å². The van der Waals surface area contributed by atoms with Crippen molar-refractivity contribution in [1.82, 2.24) is 29.3 Å². The molecule has 0 spiro atoms. The van der Waals surface area contributed by atoms with Crippen LogP contribution in [0.4, 0.5) is 0 Å². The fourth-order valence-corrected chi connectivity index (χ4v) is 6.76. The Morgan fingerprint density at radius 3 is 2.65 bits per heavy atom. The van der Waals surface area contributed by atoms with Crippen molar-refractivity contribution >= 4 is 33.9 Å². The van der Waals surface area contributed by atoms with Crippen LogP contribution >= 0.6 is 0 Å². The first-order valence-electron chi connectivity index (χ1n) is 15.9. The van der Waals surface area contributed by atoms with Gasteiger partial charge in [0.15, 0.2) is 5.82 Å². The van der Waals surface area contributed by atoms with Crippen LogP contribution in [0.2, 0.25) is 0 Å². The molecular formula is C33H41N7O3. The van der Waals surface area contributed by atoms with E-state index in [4.69, 9.17) is 20.4 Å². The summed E-state index contributed by atoms with van der Waals surface area (Å²) in [7, 11) is 1.67. The van der Waals surface area contributed by atoms with Crippen LogP contribution in [-0.2, 0) is 17.9 Å². The molecule has 3 aromatic heterocycles. The third-order valence-electron chi connectivity index (χ3n) is 9.16. The van der Waals surface area contributed by atoms with Crippen molar-refractivity contribution in [3.63, 3.8) is 0 Å². The summed E-state index contributed by atoms with van der Waals surface area (Å²) >= 11 is 0. The Balaban J connectivity index is 1.35. The molecule has 1 aromatic carbocycles. The van der Waals surface area contributed by atoms with E-state index in [1.165, 1.54) is 0 Å². The number of nitrogens with zero attached hydrogens (tertiary/aromatic N) is 5. The van der Waals surface area contributed by atoms with E-state index in [0.29, 0.717) is 43.4 Å². The number of imidazole rings is 1. The molecule has 226 valence electrons. The van der Waals surface area contributed by atoms with E-state index in [-0.39, 0.29) is 17.9 Å². The van der Waals surface area contributed by atoms with Gasteiger partial charge >= 0.3 is 0 Å². The van der Waals surface area contributed by atoms with Crippen LogP contribution in [0.5, 0.6) is 5.75 Å². The molecule has 4 aromatic rings. The molecule has 2 amide bonds. The summed E-state index contributed by atoms with van der Waals surface area (Å²) in [5.74, 6) is 1.61. The van der Waals surface area contributed by atoms with Crippen LogP contribution < -0.4 is 15.8 Å². The summed E-state index contributed by atoms with van der Waals surface area (Å²) in [4.78, 5) is 38.0. The van der Waals surface area contributed by atoms with E-state index in [1.54, 1.807) is 7.11 Å². The molecule has 2 bridgehead atoms. The summed E-state index contributed by atoms with van der Waals surface area (Å²) < 4.78 is 10.6. The van der Waals surface area contributed by atoms with Crippen molar-refractivity contribution in [2.24, 2.45) is 5.73 Å². The van der Waals surface area contributed by atoms with Crippen molar-refractivity contribution in [3.8, 4) is 17.3 Å². The quantitative estimate of drug-likeness (QED) is 0.352. The van der Waals surface area contributed by atoms with Gasteiger partial charge in [0.05, 0.1) is 30.6 Å². The molecule has 43 heavy (non-hydrogen) atoms. The fraction of sp³-hybridized carbons (Fsp3) is 0.515. The Bertz CT molecular complexity index is 1680. The second-order valence-electron chi connectivity index (χ2n) is 12.4. The Hall–Kier alpha value is -3.92. The zero-order valence-corrected chi connectivity index (χ0v) is 25.0. The van der Waals surface area contributed by atoms with Crippen molar-refractivity contribution in [2.45, 2.75) is 89.4 Å². The largest absolute Gasteiger partial charge is 0.494 e. The number of likely N-dealkylation sites (tertiary alicyclic amines) is 1. The van der Waals surface area contributed by atoms with Gasteiger partial charge < -0.3 is 29.8 Å². The maximum atomic E-state index is 13.6. The molecule has 5 heterocycles. The van der Waals surface area contributed by atoms with Crippen LogP contribution in [0.1, 0.15) is 86.3 Å². The van der Waals surface area contributed by atoms with Gasteiger partial charge in [0.25, 0.3) is 5.91 Å². The number of aryl methyl sites for hydroxylation is 1. The summed E-state index contributed by atoms with van der Waals surface area (Å²) in [5, 5.41) is 4.09. The van der Waals surface area contributed by atoms with E-state index in [9.17, 15) is 9.59 Å². The second kappa shape index (κ2) is 11.6. The van der Waals surface area contributed by atoms with Gasteiger partial charge in [-0.25, -0.2) is 9.97 Å². The van der Waals surface area contributed by atoms with E-state index in [2.05, 4.69) is 26.6 Å². The number of benzene rings is 1. The molecule has 3 N–H and O–H groups in total. The average Bonchev–Trinajstić information content (AvgIpc) is 3.69. The minimum atomic E-state index is -0.0241. The molecule has 10 heteroatoms. The lowest BCUT2D eigenvalue weighted by Gasteiger charge is -2.30. The monoisotopic (exact) mass is 583 g/mol. The first kappa shape index (κ1) is 27.9. The predicted molar refractivity (Wildman–Crippen MR) is 166 cm³/mol. The Morgan fingerprint density at radius 1 is 1.00 bits per heavy atom. The lowest BCUT2D eigenvalue weighted by atomic mass is 10.0. The highest BCUT2D eigenvalue weighted by atomic mass is 16.5. The van der Waals surface area contributed by atoms with Gasteiger partial charge in [-0.15, -0.1) is 0 Å². The second-order valence-corrected chi connectivity index (χ2v) is 12.4. The third kappa shape index (κ3) is 5.48.